The Balaban J connectivity index is 1.56. The SMILES string of the molecule is CC(C)C(=O)N1CCC(F)(c2cc(SN)cn3c(-c4nnc(C5(C#N)CC5)s4)nc(F)c23)CC1. The van der Waals surface area contributed by atoms with E-state index >= 15 is 8.78 Å². The summed E-state index contributed by atoms with van der Waals surface area (Å²) in [5.41, 5.74) is -2.27. The van der Waals surface area contributed by atoms with Crippen LogP contribution >= 0.6 is 23.3 Å². The molecule has 0 unspecified atom stereocenters. The second-order valence-electron chi connectivity index (χ2n) is 9.20. The highest BCUT2D eigenvalue weighted by molar-refractivity contribution is 7.97. The van der Waals surface area contributed by atoms with Gasteiger partial charge in [-0.15, -0.1) is 10.2 Å². The number of hydrogen-bond acceptors (Lipinski definition) is 8. The van der Waals surface area contributed by atoms with Crippen LogP contribution in [0, 0.1) is 23.2 Å². The number of likely N-dealkylation sites (tertiary alicyclic amines) is 1. The Bertz CT molecular complexity index is 1320. The van der Waals surface area contributed by atoms with Gasteiger partial charge in [-0.1, -0.05) is 25.2 Å². The molecule has 12 heteroatoms. The number of imidazole rings is 1. The Morgan fingerprint density at radius 2 is 2.00 bits per heavy atom. The fourth-order valence-electron chi connectivity index (χ4n) is 4.43. The quantitative estimate of drug-likeness (QED) is 0.525. The molecule has 0 aromatic carbocycles. The van der Waals surface area contributed by atoms with Crippen molar-refractivity contribution >= 4 is 34.7 Å². The molecule has 1 saturated heterocycles. The van der Waals surface area contributed by atoms with Crippen molar-refractivity contribution in [2.75, 3.05) is 13.1 Å². The van der Waals surface area contributed by atoms with Crippen molar-refractivity contribution in [1.29, 1.82) is 5.26 Å². The molecule has 5 rings (SSSR count). The van der Waals surface area contributed by atoms with E-state index in [-0.39, 0.29) is 54.7 Å². The first-order valence-corrected chi connectivity index (χ1v) is 12.7. The molecule has 0 atom stereocenters. The molecule has 2 fully saturated rings. The summed E-state index contributed by atoms with van der Waals surface area (Å²) in [6, 6.07) is 3.84. The number of fused-ring (bicyclic) bond motifs is 1. The van der Waals surface area contributed by atoms with Gasteiger partial charge in [0.2, 0.25) is 11.9 Å². The molecular weight excluding hydrogens is 480 g/mol. The van der Waals surface area contributed by atoms with Crippen LogP contribution in [0.25, 0.3) is 16.3 Å². The number of nitrogens with two attached hydrogens (primary N) is 1. The van der Waals surface area contributed by atoms with E-state index in [1.54, 1.807) is 17.2 Å². The van der Waals surface area contributed by atoms with Gasteiger partial charge in [-0.3, -0.25) is 14.3 Å². The van der Waals surface area contributed by atoms with Crippen molar-refractivity contribution in [1.82, 2.24) is 24.5 Å². The standard InChI is InChI=1S/C22H23F2N7OS2/c1-12(2)19(32)30-7-5-22(24,6-8-30)14-9-13(34-26)10-31-15(14)16(23)27-17(31)18-28-29-20(33-18)21(11-25)3-4-21/h9-10,12H,3-8,26H2,1-2H3. The van der Waals surface area contributed by atoms with Gasteiger partial charge in [0.05, 0.1) is 6.07 Å². The molecule has 1 aliphatic heterocycles. The largest absolute Gasteiger partial charge is 0.342 e. The van der Waals surface area contributed by atoms with E-state index in [0.29, 0.717) is 27.8 Å². The molecule has 34 heavy (non-hydrogen) atoms. The lowest BCUT2D eigenvalue weighted by molar-refractivity contribution is -0.137. The van der Waals surface area contributed by atoms with Crippen molar-refractivity contribution in [3.63, 3.8) is 0 Å². The topological polar surface area (TPSA) is 113 Å². The summed E-state index contributed by atoms with van der Waals surface area (Å²) >= 11 is 2.13. The number of amides is 1. The number of nitrogens with zero attached hydrogens (tertiary/aromatic N) is 6. The molecule has 3 aromatic heterocycles. The van der Waals surface area contributed by atoms with Gasteiger partial charge in [0.25, 0.3) is 0 Å². The van der Waals surface area contributed by atoms with Crippen molar-refractivity contribution < 1.29 is 13.6 Å². The first-order valence-electron chi connectivity index (χ1n) is 11.0. The lowest BCUT2D eigenvalue weighted by Crippen LogP contribution is -2.45. The smallest absolute Gasteiger partial charge is 0.239 e. The summed E-state index contributed by atoms with van der Waals surface area (Å²) in [6.45, 7) is 4.13. The van der Waals surface area contributed by atoms with Gasteiger partial charge in [0.1, 0.15) is 21.6 Å². The molecule has 1 aliphatic carbocycles. The zero-order valence-electron chi connectivity index (χ0n) is 18.7. The van der Waals surface area contributed by atoms with Crippen LogP contribution in [0.1, 0.15) is 50.1 Å². The summed E-state index contributed by atoms with van der Waals surface area (Å²) in [5, 5.41) is 24.5. The zero-order valence-corrected chi connectivity index (χ0v) is 20.3. The van der Waals surface area contributed by atoms with Crippen LogP contribution < -0.4 is 5.14 Å². The minimum absolute atomic E-state index is 0.0193. The number of nitriles is 1. The molecular formula is C22H23F2N7OS2. The predicted molar refractivity (Wildman–Crippen MR) is 124 cm³/mol. The van der Waals surface area contributed by atoms with E-state index in [9.17, 15) is 10.1 Å². The highest BCUT2D eigenvalue weighted by Gasteiger charge is 2.48. The van der Waals surface area contributed by atoms with E-state index in [4.69, 9.17) is 5.14 Å². The molecule has 3 aromatic rings. The first kappa shape index (κ1) is 23.1. The van der Waals surface area contributed by atoms with E-state index in [0.717, 1.165) is 11.9 Å². The Kier molecular flexibility index (Phi) is 5.61. The van der Waals surface area contributed by atoms with Crippen molar-refractivity contribution in [2.24, 2.45) is 11.1 Å². The maximum atomic E-state index is 16.3. The average molecular weight is 504 g/mol. The molecule has 1 saturated carbocycles. The van der Waals surface area contributed by atoms with E-state index in [2.05, 4.69) is 21.3 Å². The number of aromatic nitrogens is 4. The molecule has 4 heterocycles. The molecule has 8 nitrogen and oxygen atoms in total. The van der Waals surface area contributed by atoms with Crippen LogP contribution in [0.4, 0.5) is 8.78 Å². The second kappa shape index (κ2) is 8.25. The zero-order chi connectivity index (χ0) is 24.3. The Morgan fingerprint density at radius 1 is 1.29 bits per heavy atom. The summed E-state index contributed by atoms with van der Waals surface area (Å²) in [5.74, 6) is -0.806. The fourth-order valence-corrected chi connectivity index (χ4v) is 5.80. The number of rotatable bonds is 5. The van der Waals surface area contributed by atoms with Gasteiger partial charge in [-0.2, -0.15) is 14.6 Å². The Labute approximate surface area is 203 Å². The lowest BCUT2D eigenvalue weighted by atomic mass is 9.85. The molecule has 0 spiro atoms. The van der Waals surface area contributed by atoms with E-state index in [1.807, 2.05) is 13.8 Å². The number of hydrogen-bond donors (Lipinski definition) is 1. The van der Waals surface area contributed by atoms with Crippen LogP contribution in [0.15, 0.2) is 17.2 Å². The number of carbonyl (C=O) groups excluding carboxylic acids is 1. The van der Waals surface area contributed by atoms with Gasteiger partial charge < -0.3 is 4.90 Å². The Morgan fingerprint density at radius 3 is 2.59 bits per heavy atom. The third-order valence-electron chi connectivity index (χ3n) is 6.64. The van der Waals surface area contributed by atoms with Crippen LogP contribution in [0.3, 0.4) is 0 Å². The normalized spacial score (nSPS) is 18.9. The third kappa shape index (κ3) is 3.66. The van der Waals surface area contributed by atoms with Crippen molar-refractivity contribution in [3.05, 3.63) is 28.8 Å². The maximum absolute atomic E-state index is 16.3. The molecule has 2 N–H and O–H groups in total. The minimum atomic E-state index is -1.84. The molecule has 178 valence electrons. The van der Waals surface area contributed by atoms with Gasteiger partial charge in [0.15, 0.2) is 10.8 Å². The highest BCUT2D eigenvalue weighted by Crippen LogP contribution is 2.49. The number of alkyl halides is 1. The lowest BCUT2D eigenvalue weighted by Gasteiger charge is -2.37. The predicted octanol–water partition coefficient (Wildman–Crippen LogP) is 3.96. The van der Waals surface area contributed by atoms with E-state index < -0.39 is 17.0 Å². The molecule has 0 bridgehead atoms. The molecule has 1 amide bonds. The Hall–Kier alpha value is -2.62. The van der Waals surface area contributed by atoms with Crippen LogP contribution in [0.2, 0.25) is 0 Å². The van der Waals surface area contributed by atoms with Gasteiger partial charge in [0, 0.05) is 48.5 Å². The number of piperidine rings is 1. The summed E-state index contributed by atoms with van der Waals surface area (Å²) < 4.78 is 33.1. The van der Waals surface area contributed by atoms with Crippen LogP contribution in [-0.2, 0) is 15.9 Å². The summed E-state index contributed by atoms with van der Waals surface area (Å²) in [6.07, 6.45) is 3.13. The molecule has 2 aliphatic rings. The van der Waals surface area contributed by atoms with Crippen LogP contribution in [-0.4, -0.2) is 43.5 Å². The summed E-state index contributed by atoms with van der Waals surface area (Å²) in [7, 11) is 0. The number of pyridine rings is 1. The number of carbonyl (C=O) groups is 1. The number of halogens is 2. The molecule has 0 radical (unpaired) electrons. The van der Waals surface area contributed by atoms with E-state index in [1.165, 1.54) is 15.7 Å². The third-order valence-corrected chi connectivity index (χ3v) is 8.26. The maximum Gasteiger partial charge on any atom is 0.239 e. The summed E-state index contributed by atoms with van der Waals surface area (Å²) in [4.78, 5) is 18.6. The fraction of sp³-hybridized carbons (Fsp3) is 0.500. The van der Waals surface area contributed by atoms with Gasteiger partial charge in [-0.25, -0.2) is 4.39 Å². The van der Waals surface area contributed by atoms with Crippen molar-refractivity contribution in [2.45, 2.75) is 55.5 Å². The monoisotopic (exact) mass is 503 g/mol. The van der Waals surface area contributed by atoms with Gasteiger partial charge >= 0.3 is 0 Å². The van der Waals surface area contributed by atoms with Gasteiger partial charge in [-0.05, 0) is 30.9 Å². The van der Waals surface area contributed by atoms with Crippen LogP contribution in [0.5, 0.6) is 0 Å². The first-order chi connectivity index (χ1) is 16.2. The average Bonchev–Trinajstić information content (AvgIpc) is 3.35. The second-order valence-corrected chi connectivity index (χ2v) is 10.9. The minimum Gasteiger partial charge on any atom is -0.342 e. The van der Waals surface area contributed by atoms with Crippen molar-refractivity contribution in [3.8, 4) is 16.9 Å². The highest BCUT2D eigenvalue weighted by atomic mass is 32.2.